The van der Waals surface area contributed by atoms with Crippen LogP contribution in [0.25, 0.3) is 27.5 Å². The molecule has 0 saturated carbocycles. The number of aromatic nitrogens is 2. The number of carbonyl (C=O) groups is 1. The molecule has 2 aliphatic heterocycles. The van der Waals surface area contributed by atoms with E-state index in [9.17, 15) is 22.8 Å². The molecule has 4 heterocycles. The van der Waals surface area contributed by atoms with Crippen LogP contribution < -0.4 is 15.6 Å². The van der Waals surface area contributed by atoms with Gasteiger partial charge in [-0.3, -0.25) is 14.2 Å². The Morgan fingerprint density at radius 3 is 2.43 bits per heavy atom. The molecule has 2 fully saturated rings. The van der Waals surface area contributed by atoms with Crippen molar-refractivity contribution in [1.82, 2.24) is 19.8 Å². The first kappa shape index (κ1) is 32.3. The van der Waals surface area contributed by atoms with Crippen molar-refractivity contribution in [3.63, 3.8) is 0 Å². The molecule has 2 aromatic heterocycles. The maximum Gasteiger partial charge on any atom is 0.416 e. The van der Waals surface area contributed by atoms with Crippen LogP contribution in [0.2, 0.25) is 5.02 Å². The number of amides is 1. The Morgan fingerprint density at radius 2 is 1.80 bits per heavy atom. The van der Waals surface area contributed by atoms with E-state index in [-0.39, 0.29) is 29.5 Å². The number of hydrogen-bond donors (Lipinski definition) is 1. The molecule has 2 aliphatic rings. The van der Waals surface area contributed by atoms with Crippen molar-refractivity contribution < 1.29 is 22.7 Å². The van der Waals surface area contributed by atoms with Gasteiger partial charge in [0.15, 0.2) is 0 Å². The Kier molecular flexibility index (Phi) is 9.02. The molecule has 2 saturated heterocycles. The average molecular weight is 671 g/mol. The minimum Gasteiger partial charge on any atom is -0.494 e. The van der Waals surface area contributed by atoms with Gasteiger partial charge in [-0.05, 0) is 62.4 Å². The minimum atomic E-state index is -4.46. The number of likely N-dealkylation sites (tertiary alicyclic amines) is 1. The van der Waals surface area contributed by atoms with Crippen molar-refractivity contribution >= 4 is 28.8 Å². The lowest BCUT2D eigenvalue weighted by atomic mass is 9.99. The largest absolute Gasteiger partial charge is 0.494 e. The zero-order chi connectivity index (χ0) is 32.7. The molecule has 7 nitrogen and oxygen atoms in total. The van der Waals surface area contributed by atoms with Gasteiger partial charge in [-0.2, -0.15) is 13.2 Å². The molecule has 1 amide bonds. The first-order valence-electron chi connectivity index (χ1n) is 15.3. The third-order valence-corrected chi connectivity index (χ3v) is 9.55. The lowest BCUT2D eigenvalue weighted by molar-refractivity contribution is -0.137. The van der Waals surface area contributed by atoms with Crippen LogP contribution in [0.3, 0.4) is 0 Å². The highest BCUT2D eigenvalue weighted by molar-refractivity contribution is 7.13. The van der Waals surface area contributed by atoms with Crippen LogP contribution in [0.1, 0.15) is 55.2 Å². The maximum absolute atomic E-state index is 14.5. The van der Waals surface area contributed by atoms with E-state index < -0.39 is 17.3 Å². The molecular weight excluding hydrogens is 637 g/mol. The van der Waals surface area contributed by atoms with E-state index in [0.29, 0.717) is 70.1 Å². The fourth-order valence-corrected chi connectivity index (χ4v) is 7.29. The number of hydrogen-bond acceptors (Lipinski definition) is 6. The summed E-state index contributed by atoms with van der Waals surface area (Å²) < 4.78 is 46.7. The van der Waals surface area contributed by atoms with Crippen molar-refractivity contribution in [1.29, 1.82) is 0 Å². The molecule has 0 radical (unpaired) electrons. The van der Waals surface area contributed by atoms with Crippen molar-refractivity contribution in [3.05, 3.63) is 86.1 Å². The number of fused-ring (bicyclic) bond motifs is 2. The van der Waals surface area contributed by atoms with E-state index in [1.54, 1.807) is 29.6 Å². The van der Waals surface area contributed by atoms with Crippen molar-refractivity contribution in [2.45, 2.75) is 58.3 Å². The maximum atomic E-state index is 14.5. The molecular formula is C34H34ClF3N4O3S. The third-order valence-electron chi connectivity index (χ3n) is 8.35. The Balaban J connectivity index is 1.53. The first-order valence-corrected chi connectivity index (χ1v) is 16.6. The smallest absolute Gasteiger partial charge is 0.416 e. The van der Waals surface area contributed by atoms with Crippen LogP contribution in [-0.2, 0) is 12.6 Å². The predicted molar refractivity (Wildman–Crippen MR) is 174 cm³/mol. The number of nitrogens with one attached hydrogen (secondary N) is 1. The van der Waals surface area contributed by atoms with Gasteiger partial charge in [0, 0.05) is 47.9 Å². The summed E-state index contributed by atoms with van der Waals surface area (Å²) >= 11 is 7.94. The van der Waals surface area contributed by atoms with Gasteiger partial charge in [0.25, 0.3) is 11.5 Å². The number of ether oxygens (including phenoxy) is 1. The molecule has 0 aliphatic carbocycles. The third kappa shape index (κ3) is 6.45. The van der Waals surface area contributed by atoms with E-state index in [1.807, 2.05) is 25.7 Å². The lowest BCUT2D eigenvalue weighted by Crippen LogP contribution is -2.53. The number of rotatable bonds is 8. The lowest BCUT2D eigenvalue weighted by Gasteiger charge is -2.34. The molecule has 12 heteroatoms. The highest BCUT2D eigenvalue weighted by Crippen LogP contribution is 2.35. The quantitative estimate of drug-likeness (QED) is 0.211. The fraction of sp³-hybridized carbons (Fsp3) is 0.382. The van der Waals surface area contributed by atoms with Gasteiger partial charge in [-0.15, -0.1) is 11.3 Å². The summed E-state index contributed by atoms with van der Waals surface area (Å²) in [4.78, 5) is 35.5. The number of nitrogens with zero attached hydrogens (tertiary/aromatic N) is 3. The summed E-state index contributed by atoms with van der Waals surface area (Å²) in [6.07, 6.45) is -2.02. The summed E-state index contributed by atoms with van der Waals surface area (Å²) in [6, 6.07) is 11.9. The van der Waals surface area contributed by atoms with Gasteiger partial charge in [-0.25, -0.2) is 4.98 Å². The van der Waals surface area contributed by atoms with Gasteiger partial charge in [0.2, 0.25) is 0 Å². The molecule has 0 spiro atoms. The number of alkyl halides is 3. The summed E-state index contributed by atoms with van der Waals surface area (Å²) in [5, 5.41) is 5.92. The van der Waals surface area contributed by atoms with Gasteiger partial charge in [0.05, 0.1) is 39.7 Å². The van der Waals surface area contributed by atoms with E-state index in [2.05, 4.69) is 10.3 Å². The molecule has 242 valence electrons. The van der Waals surface area contributed by atoms with E-state index >= 15 is 0 Å². The number of halogens is 4. The van der Waals surface area contributed by atoms with Gasteiger partial charge in [0.1, 0.15) is 10.8 Å². The van der Waals surface area contributed by atoms with Crippen LogP contribution in [0.4, 0.5) is 13.2 Å². The molecule has 4 aromatic rings. The van der Waals surface area contributed by atoms with Crippen molar-refractivity contribution in [2.75, 3.05) is 19.7 Å². The highest BCUT2D eigenvalue weighted by atomic mass is 35.5. The summed E-state index contributed by atoms with van der Waals surface area (Å²) in [5.41, 5.74) is 1.28. The SMILES string of the molecule is CCOc1ccc(Cl)c(-n2c(CC(C)C)c(C(=O)N3C[C@H]4CC[C@@H](C3)N4)cc(-c3nc(-c4ccc(C(F)(F)F)cc4)cs3)c2=O)c1. The molecule has 0 unspecified atom stereocenters. The number of thiazole rings is 1. The molecule has 2 atom stereocenters. The zero-order valence-electron chi connectivity index (χ0n) is 25.7. The molecule has 6 rings (SSSR count). The number of benzene rings is 2. The number of piperazine rings is 1. The second kappa shape index (κ2) is 12.8. The standard InChI is InChI=1S/C34H34ClF3N4O3S/c1-4-45-24-11-12-27(35)30(14-24)42-29(13-19(2)3)25(32(43)41-16-22-9-10-23(17-41)39-22)15-26(33(42)44)31-40-28(18-46-31)20-5-7-21(8-6-20)34(36,37)38/h5-8,11-12,14-15,18-19,22-23,39H,4,9-10,13,16-17H2,1-3H3/t22-,23+. The summed E-state index contributed by atoms with van der Waals surface area (Å²) in [6.45, 7) is 7.46. The van der Waals surface area contributed by atoms with E-state index in [4.69, 9.17) is 16.3 Å². The van der Waals surface area contributed by atoms with Crippen molar-refractivity contribution in [3.8, 4) is 33.3 Å². The minimum absolute atomic E-state index is 0.0993. The predicted octanol–water partition coefficient (Wildman–Crippen LogP) is 7.47. The van der Waals surface area contributed by atoms with E-state index in [1.165, 1.54) is 28.0 Å². The summed E-state index contributed by atoms with van der Waals surface area (Å²) in [7, 11) is 0. The molecule has 2 aromatic carbocycles. The van der Waals surface area contributed by atoms with Crippen LogP contribution >= 0.6 is 22.9 Å². The second-order valence-electron chi connectivity index (χ2n) is 12.2. The second-order valence-corrected chi connectivity index (χ2v) is 13.4. The molecule has 1 N–H and O–H groups in total. The van der Waals surface area contributed by atoms with Crippen molar-refractivity contribution in [2.24, 2.45) is 5.92 Å². The number of pyridine rings is 1. The van der Waals surface area contributed by atoms with Gasteiger partial charge >= 0.3 is 6.18 Å². The van der Waals surface area contributed by atoms with Crippen LogP contribution in [-0.4, -0.2) is 52.1 Å². The zero-order valence-corrected chi connectivity index (χ0v) is 27.2. The van der Waals surface area contributed by atoms with Crippen LogP contribution in [0, 0.1) is 5.92 Å². The first-order chi connectivity index (χ1) is 21.9. The molecule has 2 bridgehead atoms. The topological polar surface area (TPSA) is 76.5 Å². The summed E-state index contributed by atoms with van der Waals surface area (Å²) in [5.74, 6) is 0.461. The van der Waals surface area contributed by atoms with Gasteiger partial charge in [-0.1, -0.05) is 37.6 Å². The Labute approximate surface area is 274 Å². The molecule has 46 heavy (non-hydrogen) atoms. The normalized spacial score (nSPS) is 18.0. The number of carbonyl (C=O) groups excluding carboxylic acids is 1. The van der Waals surface area contributed by atoms with Crippen LogP contribution in [0.15, 0.2) is 58.7 Å². The highest BCUT2D eigenvalue weighted by Gasteiger charge is 2.36. The van der Waals surface area contributed by atoms with E-state index in [0.717, 1.165) is 25.0 Å². The monoisotopic (exact) mass is 670 g/mol. The Bertz CT molecular complexity index is 1810. The fourth-order valence-electron chi connectivity index (χ4n) is 6.25. The van der Waals surface area contributed by atoms with Crippen LogP contribution in [0.5, 0.6) is 5.75 Å². The average Bonchev–Trinajstić information content (AvgIpc) is 3.64. The Morgan fingerprint density at radius 1 is 1.11 bits per heavy atom. The Hall–Kier alpha value is -3.67. The van der Waals surface area contributed by atoms with Gasteiger partial charge < -0.3 is 15.0 Å².